The van der Waals surface area contributed by atoms with Crippen molar-refractivity contribution < 1.29 is 5.11 Å². The molecule has 1 fully saturated rings. The van der Waals surface area contributed by atoms with Gasteiger partial charge in [-0.2, -0.15) is 0 Å². The number of phenolic OH excluding ortho intramolecular Hbond substituents is 1. The highest BCUT2D eigenvalue weighted by molar-refractivity contribution is 5.97. The molecule has 0 saturated heterocycles. The molecule has 2 nitrogen and oxygen atoms in total. The number of fused-ring (bicyclic) bond motifs is 1. The first kappa shape index (κ1) is 12.3. The van der Waals surface area contributed by atoms with Crippen molar-refractivity contribution in [3.63, 3.8) is 0 Å². The van der Waals surface area contributed by atoms with Gasteiger partial charge in [-0.25, -0.2) is 0 Å². The van der Waals surface area contributed by atoms with Gasteiger partial charge >= 0.3 is 0 Å². The maximum absolute atomic E-state index is 9.92. The van der Waals surface area contributed by atoms with Gasteiger partial charge in [0.25, 0.3) is 0 Å². The van der Waals surface area contributed by atoms with Gasteiger partial charge in [-0.15, -0.1) is 0 Å². The molecule has 2 aromatic rings. The van der Waals surface area contributed by atoms with Gasteiger partial charge in [0.2, 0.25) is 0 Å². The molecule has 2 atom stereocenters. The molecule has 3 rings (SSSR count). The largest absolute Gasteiger partial charge is 0.507 e. The van der Waals surface area contributed by atoms with E-state index in [2.05, 4.69) is 24.4 Å². The summed E-state index contributed by atoms with van der Waals surface area (Å²) in [6, 6.07) is 12.4. The van der Waals surface area contributed by atoms with Gasteiger partial charge in [-0.3, -0.25) is 0 Å². The molecule has 1 aliphatic rings. The quantitative estimate of drug-likeness (QED) is 0.826. The molecule has 1 saturated carbocycles. The average Bonchev–Trinajstić information content (AvgIpc) is 2.40. The molecule has 100 valence electrons. The van der Waals surface area contributed by atoms with Crippen LogP contribution in [0.1, 0.15) is 32.6 Å². The summed E-state index contributed by atoms with van der Waals surface area (Å²) >= 11 is 0. The van der Waals surface area contributed by atoms with Crippen molar-refractivity contribution in [2.75, 3.05) is 5.32 Å². The summed E-state index contributed by atoms with van der Waals surface area (Å²) in [7, 11) is 0. The predicted molar refractivity (Wildman–Crippen MR) is 80.7 cm³/mol. The summed E-state index contributed by atoms with van der Waals surface area (Å²) < 4.78 is 0. The summed E-state index contributed by atoms with van der Waals surface area (Å²) in [4.78, 5) is 0. The van der Waals surface area contributed by atoms with Gasteiger partial charge in [-0.05, 0) is 30.9 Å². The molecule has 2 N–H and O–H groups in total. The summed E-state index contributed by atoms with van der Waals surface area (Å²) in [6.07, 6.45) is 5.16. The van der Waals surface area contributed by atoms with Gasteiger partial charge < -0.3 is 10.4 Å². The van der Waals surface area contributed by atoms with E-state index in [0.717, 1.165) is 22.4 Å². The van der Waals surface area contributed by atoms with Gasteiger partial charge in [0.15, 0.2) is 0 Å². The predicted octanol–water partition coefficient (Wildman–Crippen LogP) is 4.54. The van der Waals surface area contributed by atoms with E-state index in [-0.39, 0.29) is 0 Å². The Bertz CT molecular complexity index is 578. The van der Waals surface area contributed by atoms with E-state index in [1.807, 2.05) is 18.2 Å². The standard InChI is InChI=1S/C17H21NO/c1-12-5-2-6-13(11-12)18-16-9-3-8-15-14(16)7-4-10-17(15)19/h3-4,7-10,12-13,18-19H,2,5-6,11H2,1H3. The second kappa shape index (κ2) is 5.12. The summed E-state index contributed by atoms with van der Waals surface area (Å²) in [5.74, 6) is 1.17. The molecule has 0 heterocycles. The Morgan fingerprint density at radius 2 is 1.84 bits per heavy atom. The van der Waals surface area contributed by atoms with Crippen molar-refractivity contribution in [2.45, 2.75) is 38.6 Å². The molecule has 0 aliphatic heterocycles. The first-order valence-electron chi connectivity index (χ1n) is 7.21. The van der Waals surface area contributed by atoms with Crippen LogP contribution < -0.4 is 5.32 Å². The van der Waals surface area contributed by atoms with Gasteiger partial charge in [0, 0.05) is 22.5 Å². The lowest BCUT2D eigenvalue weighted by Crippen LogP contribution is -2.26. The molecule has 1 aliphatic carbocycles. The lowest BCUT2D eigenvalue weighted by molar-refractivity contribution is 0.359. The van der Waals surface area contributed by atoms with Crippen molar-refractivity contribution >= 4 is 16.5 Å². The van der Waals surface area contributed by atoms with Gasteiger partial charge in [0.1, 0.15) is 5.75 Å². The topological polar surface area (TPSA) is 32.3 Å². The second-order valence-electron chi connectivity index (χ2n) is 5.79. The highest BCUT2D eigenvalue weighted by Crippen LogP contribution is 2.32. The Hall–Kier alpha value is -1.70. The second-order valence-corrected chi connectivity index (χ2v) is 5.79. The van der Waals surface area contributed by atoms with Crippen LogP contribution in [-0.4, -0.2) is 11.1 Å². The van der Waals surface area contributed by atoms with Crippen molar-refractivity contribution in [3.8, 4) is 5.75 Å². The number of benzene rings is 2. The fraction of sp³-hybridized carbons (Fsp3) is 0.412. The van der Waals surface area contributed by atoms with Crippen LogP contribution in [0.2, 0.25) is 0 Å². The fourth-order valence-corrected chi connectivity index (χ4v) is 3.20. The van der Waals surface area contributed by atoms with E-state index in [1.165, 1.54) is 25.7 Å². The zero-order valence-electron chi connectivity index (χ0n) is 11.4. The number of rotatable bonds is 2. The Labute approximate surface area is 114 Å². The smallest absolute Gasteiger partial charge is 0.123 e. The van der Waals surface area contributed by atoms with E-state index in [0.29, 0.717) is 11.8 Å². The van der Waals surface area contributed by atoms with E-state index in [9.17, 15) is 5.11 Å². The van der Waals surface area contributed by atoms with Crippen molar-refractivity contribution in [2.24, 2.45) is 5.92 Å². The zero-order chi connectivity index (χ0) is 13.2. The Balaban J connectivity index is 1.90. The minimum Gasteiger partial charge on any atom is -0.507 e. The summed E-state index contributed by atoms with van der Waals surface area (Å²) in [5.41, 5.74) is 1.15. The molecule has 0 amide bonds. The maximum Gasteiger partial charge on any atom is 0.123 e. The van der Waals surface area contributed by atoms with Crippen LogP contribution in [0, 0.1) is 5.92 Å². The van der Waals surface area contributed by atoms with E-state index < -0.39 is 0 Å². The van der Waals surface area contributed by atoms with Crippen LogP contribution in [0.25, 0.3) is 10.8 Å². The van der Waals surface area contributed by atoms with E-state index in [1.54, 1.807) is 6.07 Å². The summed E-state index contributed by atoms with van der Waals surface area (Å²) in [5, 5.41) is 15.6. The molecule has 0 spiro atoms. The first-order chi connectivity index (χ1) is 9.24. The molecule has 19 heavy (non-hydrogen) atoms. The molecular weight excluding hydrogens is 234 g/mol. The van der Waals surface area contributed by atoms with Gasteiger partial charge in [0.05, 0.1) is 0 Å². The lowest BCUT2D eigenvalue weighted by atomic mass is 9.87. The van der Waals surface area contributed by atoms with Crippen molar-refractivity contribution in [3.05, 3.63) is 36.4 Å². The minimum absolute atomic E-state index is 0.359. The Kier molecular flexibility index (Phi) is 3.33. The number of aromatic hydroxyl groups is 1. The van der Waals surface area contributed by atoms with Crippen molar-refractivity contribution in [1.29, 1.82) is 0 Å². The molecule has 2 heteroatoms. The maximum atomic E-state index is 9.92. The molecular formula is C17H21NO. The minimum atomic E-state index is 0.359. The highest BCUT2D eigenvalue weighted by atomic mass is 16.3. The van der Waals surface area contributed by atoms with Gasteiger partial charge in [-0.1, -0.05) is 44.0 Å². The number of phenols is 1. The van der Waals surface area contributed by atoms with Crippen LogP contribution in [0.3, 0.4) is 0 Å². The Morgan fingerprint density at radius 1 is 1.05 bits per heavy atom. The van der Waals surface area contributed by atoms with Crippen LogP contribution in [-0.2, 0) is 0 Å². The van der Waals surface area contributed by atoms with Crippen LogP contribution in [0.4, 0.5) is 5.69 Å². The zero-order valence-corrected chi connectivity index (χ0v) is 11.4. The third kappa shape index (κ3) is 2.53. The third-order valence-corrected chi connectivity index (χ3v) is 4.20. The summed E-state index contributed by atoms with van der Waals surface area (Å²) in [6.45, 7) is 2.34. The molecule has 0 radical (unpaired) electrons. The normalized spacial score (nSPS) is 23.4. The highest BCUT2D eigenvalue weighted by Gasteiger charge is 2.19. The first-order valence-corrected chi connectivity index (χ1v) is 7.21. The molecule has 2 unspecified atom stereocenters. The SMILES string of the molecule is CC1CCCC(Nc2cccc3c(O)cccc23)C1. The van der Waals surface area contributed by atoms with Crippen molar-refractivity contribution in [1.82, 2.24) is 0 Å². The number of hydrogen-bond donors (Lipinski definition) is 2. The Morgan fingerprint density at radius 3 is 2.68 bits per heavy atom. The van der Waals surface area contributed by atoms with E-state index >= 15 is 0 Å². The fourth-order valence-electron chi connectivity index (χ4n) is 3.20. The lowest BCUT2D eigenvalue weighted by Gasteiger charge is -2.28. The monoisotopic (exact) mass is 255 g/mol. The molecule has 2 aromatic carbocycles. The molecule has 0 aromatic heterocycles. The van der Waals surface area contributed by atoms with Crippen LogP contribution in [0.15, 0.2) is 36.4 Å². The third-order valence-electron chi connectivity index (χ3n) is 4.20. The number of hydrogen-bond acceptors (Lipinski definition) is 2. The van der Waals surface area contributed by atoms with Crippen LogP contribution in [0.5, 0.6) is 5.75 Å². The van der Waals surface area contributed by atoms with Crippen LogP contribution >= 0.6 is 0 Å². The number of anilines is 1. The van der Waals surface area contributed by atoms with E-state index in [4.69, 9.17) is 0 Å². The number of nitrogens with one attached hydrogen (secondary N) is 1. The molecule has 0 bridgehead atoms. The average molecular weight is 255 g/mol.